The van der Waals surface area contributed by atoms with Crippen molar-refractivity contribution in [2.24, 2.45) is 0 Å². The van der Waals surface area contributed by atoms with E-state index in [1.165, 1.54) is 16.9 Å². The zero-order chi connectivity index (χ0) is 22.2. The Morgan fingerprint density at radius 2 is 1.68 bits per heavy atom. The van der Waals surface area contributed by atoms with E-state index in [0.717, 1.165) is 21.3 Å². The third kappa shape index (κ3) is 4.51. The van der Waals surface area contributed by atoms with Crippen molar-refractivity contribution in [3.8, 4) is 0 Å². The molecule has 0 saturated carbocycles. The van der Waals surface area contributed by atoms with E-state index in [2.05, 4.69) is 20.8 Å². The summed E-state index contributed by atoms with van der Waals surface area (Å²) in [5.41, 5.74) is 4.81. The first kappa shape index (κ1) is 21.5. The van der Waals surface area contributed by atoms with E-state index < -0.39 is 0 Å². The Bertz CT molecular complexity index is 1190. The van der Waals surface area contributed by atoms with Crippen molar-refractivity contribution in [2.75, 3.05) is 4.90 Å². The number of benzene rings is 3. The predicted molar refractivity (Wildman–Crippen MR) is 131 cm³/mol. The number of fused-ring (bicyclic) bond motifs is 1. The lowest BCUT2D eigenvalue weighted by atomic mass is 9.86. The van der Waals surface area contributed by atoms with Crippen LogP contribution in [0.3, 0.4) is 0 Å². The second kappa shape index (κ2) is 8.45. The van der Waals surface area contributed by atoms with Crippen molar-refractivity contribution in [3.05, 3.63) is 94.0 Å². The van der Waals surface area contributed by atoms with Crippen molar-refractivity contribution in [2.45, 2.75) is 39.7 Å². The zero-order valence-corrected chi connectivity index (χ0v) is 19.7. The number of nitrogens with zero attached hydrogens (tertiary/aromatic N) is 2. The molecule has 0 saturated heterocycles. The molecule has 3 nitrogen and oxygen atoms in total. The molecule has 0 aliphatic heterocycles. The highest BCUT2D eigenvalue weighted by atomic mass is 35.5. The minimum atomic E-state index is -0.0721. The predicted octanol–water partition coefficient (Wildman–Crippen LogP) is 7.40. The maximum absolute atomic E-state index is 13.6. The third-order valence-corrected chi connectivity index (χ3v) is 6.88. The number of hydrogen-bond donors (Lipinski definition) is 0. The van der Waals surface area contributed by atoms with Gasteiger partial charge in [0.1, 0.15) is 0 Å². The molecule has 0 aliphatic rings. The van der Waals surface area contributed by atoms with Crippen LogP contribution in [-0.4, -0.2) is 10.9 Å². The van der Waals surface area contributed by atoms with Crippen LogP contribution in [0.15, 0.2) is 66.7 Å². The molecule has 3 aromatic carbocycles. The number of carbonyl (C=O) groups is 1. The highest BCUT2D eigenvalue weighted by molar-refractivity contribution is 7.23. The van der Waals surface area contributed by atoms with Gasteiger partial charge in [0.15, 0.2) is 5.13 Å². The van der Waals surface area contributed by atoms with Gasteiger partial charge in [0.2, 0.25) is 0 Å². The van der Waals surface area contributed by atoms with Crippen LogP contribution in [-0.2, 0) is 12.0 Å². The maximum atomic E-state index is 13.6. The van der Waals surface area contributed by atoms with Gasteiger partial charge in [-0.2, -0.15) is 0 Å². The zero-order valence-electron chi connectivity index (χ0n) is 18.1. The summed E-state index contributed by atoms with van der Waals surface area (Å²) >= 11 is 7.89. The van der Waals surface area contributed by atoms with E-state index in [1.54, 1.807) is 4.90 Å². The molecule has 4 rings (SSSR count). The number of aromatic nitrogens is 1. The second-order valence-corrected chi connectivity index (χ2v) is 10.1. The van der Waals surface area contributed by atoms with Gasteiger partial charge in [-0.15, -0.1) is 0 Å². The van der Waals surface area contributed by atoms with Gasteiger partial charge >= 0.3 is 0 Å². The standard InChI is InChI=1S/C26H25ClN2OS/c1-17-10-15-21(27)23-22(17)28-25(31-23)29(16-18-8-6-5-7-9-18)24(30)19-11-13-20(14-12-19)26(2,3)4/h5-15H,16H2,1-4H3. The Morgan fingerprint density at radius 3 is 2.29 bits per heavy atom. The molecule has 0 atom stereocenters. The summed E-state index contributed by atoms with van der Waals surface area (Å²) in [6.45, 7) is 8.95. The Kier molecular flexibility index (Phi) is 5.87. The number of thiazole rings is 1. The Balaban J connectivity index is 1.77. The number of aryl methyl sites for hydroxylation is 1. The molecule has 0 radical (unpaired) electrons. The Labute approximate surface area is 192 Å². The number of rotatable bonds is 4. The fourth-order valence-electron chi connectivity index (χ4n) is 3.47. The molecule has 0 aliphatic carbocycles. The van der Waals surface area contributed by atoms with Crippen LogP contribution < -0.4 is 4.90 Å². The highest BCUT2D eigenvalue weighted by Crippen LogP contribution is 2.36. The van der Waals surface area contributed by atoms with E-state index in [-0.39, 0.29) is 11.3 Å². The molecule has 0 spiro atoms. The van der Waals surface area contributed by atoms with Gasteiger partial charge in [-0.1, -0.05) is 92.2 Å². The van der Waals surface area contributed by atoms with Crippen LogP contribution in [0.1, 0.15) is 47.8 Å². The van der Waals surface area contributed by atoms with Crippen molar-refractivity contribution in [1.29, 1.82) is 0 Å². The summed E-state index contributed by atoms with van der Waals surface area (Å²) in [5, 5.41) is 1.31. The molecular weight excluding hydrogens is 424 g/mol. The topological polar surface area (TPSA) is 33.2 Å². The van der Waals surface area contributed by atoms with Crippen LogP contribution in [0, 0.1) is 6.92 Å². The van der Waals surface area contributed by atoms with Gasteiger partial charge in [-0.05, 0) is 47.2 Å². The first-order valence-corrected chi connectivity index (χ1v) is 11.5. The highest BCUT2D eigenvalue weighted by Gasteiger charge is 2.23. The fourth-order valence-corrected chi connectivity index (χ4v) is 4.78. The minimum Gasteiger partial charge on any atom is -0.279 e. The van der Waals surface area contributed by atoms with E-state index >= 15 is 0 Å². The summed E-state index contributed by atoms with van der Waals surface area (Å²) in [7, 11) is 0. The lowest BCUT2D eigenvalue weighted by Gasteiger charge is -2.22. The van der Waals surface area contributed by atoms with Crippen LogP contribution in [0.4, 0.5) is 5.13 Å². The van der Waals surface area contributed by atoms with E-state index in [9.17, 15) is 4.79 Å². The molecule has 0 N–H and O–H groups in total. The van der Waals surface area contributed by atoms with Crippen LogP contribution >= 0.6 is 22.9 Å². The van der Waals surface area contributed by atoms with Crippen LogP contribution in [0.2, 0.25) is 5.02 Å². The molecule has 158 valence electrons. The van der Waals surface area contributed by atoms with Crippen molar-refractivity contribution in [3.63, 3.8) is 0 Å². The molecule has 0 fully saturated rings. The summed E-state index contributed by atoms with van der Waals surface area (Å²) in [4.78, 5) is 20.2. The molecule has 0 bridgehead atoms. The molecule has 5 heteroatoms. The van der Waals surface area contributed by atoms with Gasteiger partial charge in [0.25, 0.3) is 5.91 Å². The molecular formula is C26H25ClN2OS. The lowest BCUT2D eigenvalue weighted by Crippen LogP contribution is -2.30. The Morgan fingerprint density at radius 1 is 1.00 bits per heavy atom. The second-order valence-electron chi connectivity index (χ2n) is 8.74. The van der Waals surface area contributed by atoms with Gasteiger partial charge < -0.3 is 0 Å². The maximum Gasteiger partial charge on any atom is 0.260 e. The van der Waals surface area contributed by atoms with E-state index in [1.807, 2.05) is 73.7 Å². The lowest BCUT2D eigenvalue weighted by molar-refractivity contribution is 0.0985. The SMILES string of the molecule is Cc1ccc(Cl)c2sc(N(Cc3ccccc3)C(=O)c3ccc(C(C)(C)C)cc3)nc12. The number of halogens is 1. The number of amides is 1. The fraction of sp³-hybridized carbons (Fsp3) is 0.231. The summed E-state index contributed by atoms with van der Waals surface area (Å²) in [5.74, 6) is -0.0721. The number of carbonyl (C=O) groups excluding carboxylic acids is 1. The monoisotopic (exact) mass is 448 g/mol. The average molecular weight is 449 g/mol. The Hall–Kier alpha value is -2.69. The number of hydrogen-bond acceptors (Lipinski definition) is 3. The van der Waals surface area contributed by atoms with Gasteiger partial charge in [-0.3, -0.25) is 9.69 Å². The van der Waals surface area contributed by atoms with Crippen molar-refractivity contribution in [1.82, 2.24) is 4.98 Å². The summed E-state index contributed by atoms with van der Waals surface area (Å²) < 4.78 is 0.908. The number of anilines is 1. The molecule has 31 heavy (non-hydrogen) atoms. The molecule has 1 amide bonds. The van der Waals surface area contributed by atoms with Crippen molar-refractivity contribution < 1.29 is 4.79 Å². The van der Waals surface area contributed by atoms with Crippen molar-refractivity contribution >= 4 is 44.2 Å². The molecule has 1 aromatic heterocycles. The first-order valence-electron chi connectivity index (χ1n) is 10.3. The van der Waals surface area contributed by atoms with Gasteiger partial charge in [0, 0.05) is 5.56 Å². The van der Waals surface area contributed by atoms with Crippen LogP contribution in [0.5, 0.6) is 0 Å². The normalized spacial score (nSPS) is 11.6. The largest absolute Gasteiger partial charge is 0.279 e. The molecule has 0 unspecified atom stereocenters. The van der Waals surface area contributed by atoms with Gasteiger partial charge in [-0.25, -0.2) is 4.98 Å². The van der Waals surface area contributed by atoms with E-state index in [4.69, 9.17) is 16.6 Å². The third-order valence-electron chi connectivity index (χ3n) is 5.34. The summed E-state index contributed by atoms with van der Waals surface area (Å²) in [6.07, 6.45) is 0. The average Bonchev–Trinajstić information content (AvgIpc) is 3.21. The van der Waals surface area contributed by atoms with E-state index in [0.29, 0.717) is 22.3 Å². The smallest absolute Gasteiger partial charge is 0.260 e. The molecule has 1 heterocycles. The minimum absolute atomic E-state index is 0.0343. The quantitative estimate of drug-likeness (QED) is 0.325. The van der Waals surface area contributed by atoms with Crippen LogP contribution in [0.25, 0.3) is 10.2 Å². The van der Waals surface area contributed by atoms with Gasteiger partial charge in [0.05, 0.1) is 21.8 Å². The summed E-state index contributed by atoms with van der Waals surface area (Å²) in [6, 6.07) is 21.7. The molecule has 4 aromatic rings. The first-order chi connectivity index (χ1) is 14.7.